The minimum absolute atomic E-state index is 0.0411. The average molecular weight is 163 g/mol. The molecule has 0 amide bonds. The topological polar surface area (TPSA) is 65.9 Å². The zero-order valence-corrected chi connectivity index (χ0v) is 6.36. The Morgan fingerprint density at radius 3 is 2.42 bits per heavy atom. The normalized spacial score (nSPS) is 16.0. The predicted octanol–water partition coefficient (Wildman–Crippen LogP) is -0.283. The van der Waals surface area contributed by atoms with Crippen LogP contribution in [0, 0.1) is 0 Å². The monoisotopic (exact) mass is 163 g/mol. The maximum atomic E-state index is 10.3. The lowest BCUT2D eigenvalue weighted by Gasteiger charge is -2.00. The molecule has 1 aliphatic rings. The Hall–Kier alpha value is -1.45. The highest BCUT2D eigenvalue weighted by atomic mass is 16.4. The van der Waals surface area contributed by atoms with Gasteiger partial charge in [0.05, 0.1) is 5.97 Å². The first-order chi connectivity index (χ1) is 5.77. The van der Waals surface area contributed by atoms with Gasteiger partial charge in [-0.05, 0) is 12.8 Å². The predicted molar refractivity (Wildman–Crippen MR) is 38.3 cm³/mol. The van der Waals surface area contributed by atoms with Crippen molar-refractivity contribution in [1.82, 2.24) is 9.97 Å². The fourth-order valence-corrected chi connectivity index (χ4v) is 0.996. The van der Waals surface area contributed by atoms with E-state index in [0.29, 0.717) is 5.92 Å². The van der Waals surface area contributed by atoms with E-state index < -0.39 is 5.97 Å². The Balaban J connectivity index is 2.24. The van der Waals surface area contributed by atoms with Crippen LogP contribution in [0.3, 0.4) is 0 Å². The van der Waals surface area contributed by atoms with Crippen LogP contribution in [-0.2, 0) is 0 Å². The Morgan fingerprint density at radius 1 is 1.42 bits per heavy atom. The van der Waals surface area contributed by atoms with E-state index in [0.717, 1.165) is 18.7 Å². The van der Waals surface area contributed by atoms with Gasteiger partial charge in [-0.25, -0.2) is 9.97 Å². The van der Waals surface area contributed by atoms with Gasteiger partial charge < -0.3 is 9.90 Å². The van der Waals surface area contributed by atoms with Crippen LogP contribution in [-0.4, -0.2) is 15.9 Å². The van der Waals surface area contributed by atoms with Crippen molar-refractivity contribution >= 4 is 5.97 Å². The number of nitrogens with zero attached hydrogens (tertiary/aromatic N) is 2. The fourth-order valence-electron chi connectivity index (χ4n) is 0.996. The van der Waals surface area contributed by atoms with E-state index in [1.54, 1.807) is 0 Å². The van der Waals surface area contributed by atoms with Crippen LogP contribution in [0.5, 0.6) is 0 Å². The largest absolute Gasteiger partial charge is 0.545 e. The van der Waals surface area contributed by atoms with Gasteiger partial charge >= 0.3 is 0 Å². The molecule has 1 aliphatic carbocycles. The number of carboxylic acid groups (broad SMARTS) is 1. The number of carbonyl (C=O) groups is 1. The summed E-state index contributed by atoms with van der Waals surface area (Å²) in [5.41, 5.74) is 0.0411. The summed E-state index contributed by atoms with van der Waals surface area (Å²) in [5.74, 6) is -0.0156. The highest BCUT2D eigenvalue weighted by molar-refractivity contribution is 5.84. The smallest absolute Gasteiger partial charge is 0.131 e. The third kappa shape index (κ3) is 1.28. The van der Waals surface area contributed by atoms with Crippen molar-refractivity contribution in [2.75, 3.05) is 0 Å². The van der Waals surface area contributed by atoms with Crippen LogP contribution in [0.4, 0.5) is 0 Å². The quantitative estimate of drug-likeness (QED) is 0.601. The number of carboxylic acids is 1. The lowest BCUT2D eigenvalue weighted by Crippen LogP contribution is -2.22. The van der Waals surface area contributed by atoms with Crippen molar-refractivity contribution in [3.63, 3.8) is 0 Å². The Kier molecular flexibility index (Phi) is 1.53. The highest BCUT2D eigenvalue weighted by Crippen LogP contribution is 2.37. The van der Waals surface area contributed by atoms with Gasteiger partial charge in [-0.2, -0.15) is 0 Å². The maximum absolute atomic E-state index is 10.3. The summed E-state index contributed by atoms with van der Waals surface area (Å²) < 4.78 is 0. The molecule has 0 aromatic carbocycles. The molecular weight excluding hydrogens is 156 g/mol. The summed E-state index contributed by atoms with van der Waals surface area (Å²) in [6.07, 6.45) is 4.83. The van der Waals surface area contributed by atoms with E-state index in [9.17, 15) is 9.90 Å². The number of rotatable bonds is 2. The van der Waals surface area contributed by atoms with Gasteiger partial charge in [-0.1, -0.05) is 0 Å². The molecule has 0 atom stereocenters. The molecule has 0 radical (unpaired) electrons. The molecule has 0 unspecified atom stereocenters. The molecule has 1 heterocycles. The maximum Gasteiger partial charge on any atom is 0.131 e. The fraction of sp³-hybridized carbons (Fsp3) is 0.375. The summed E-state index contributed by atoms with van der Waals surface area (Å²) in [5, 5.41) is 10.3. The molecule has 0 spiro atoms. The zero-order valence-electron chi connectivity index (χ0n) is 6.36. The van der Waals surface area contributed by atoms with E-state index in [-0.39, 0.29) is 5.56 Å². The van der Waals surface area contributed by atoms with Crippen LogP contribution in [0.25, 0.3) is 0 Å². The molecule has 1 saturated carbocycles. The van der Waals surface area contributed by atoms with Crippen LogP contribution in [0.2, 0.25) is 0 Å². The van der Waals surface area contributed by atoms with Gasteiger partial charge in [0.1, 0.15) is 5.82 Å². The molecule has 4 heteroatoms. The number of hydrogen-bond acceptors (Lipinski definition) is 4. The number of aromatic nitrogens is 2. The van der Waals surface area contributed by atoms with E-state index in [2.05, 4.69) is 9.97 Å². The van der Waals surface area contributed by atoms with Crippen molar-refractivity contribution in [2.45, 2.75) is 18.8 Å². The second kappa shape index (κ2) is 2.55. The van der Waals surface area contributed by atoms with Crippen LogP contribution in [0.1, 0.15) is 34.9 Å². The Morgan fingerprint density at radius 2 is 2.00 bits per heavy atom. The molecule has 0 N–H and O–H groups in total. The van der Waals surface area contributed by atoms with Gasteiger partial charge in [0.15, 0.2) is 0 Å². The van der Waals surface area contributed by atoms with Gasteiger partial charge in [0.2, 0.25) is 0 Å². The van der Waals surface area contributed by atoms with Crippen molar-refractivity contribution in [1.29, 1.82) is 0 Å². The first-order valence-electron chi connectivity index (χ1n) is 3.80. The molecule has 0 aliphatic heterocycles. The van der Waals surface area contributed by atoms with E-state index in [4.69, 9.17) is 0 Å². The highest BCUT2D eigenvalue weighted by Gasteiger charge is 2.25. The van der Waals surface area contributed by atoms with E-state index >= 15 is 0 Å². The summed E-state index contributed by atoms with van der Waals surface area (Å²) >= 11 is 0. The Labute approximate surface area is 69.3 Å². The molecule has 62 valence electrons. The second-order valence-corrected chi connectivity index (χ2v) is 2.89. The first-order valence-corrected chi connectivity index (χ1v) is 3.80. The second-order valence-electron chi connectivity index (χ2n) is 2.89. The van der Waals surface area contributed by atoms with Crippen molar-refractivity contribution in [2.24, 2.45) is 0 Å². The summed E-state index contributed by atoms with van der Waals surface area (Å²) in [6.45, 7) is 0. The van der Waals surface area contributed by atoms with Crippen molar-refractivity contribution in [3.8, 4) is 0 Å². The van der Waals surface area contributed by atoms with Gasteiger partial charge in [0, 0.05) is 23.9 Å². The standard InChI is InChI=1S/C8H8N2O2/c11-8(12)6-3-9-7(10-4-6)5-1-2-5/h3-5H,1-2H2,(H,11,12)/p-1. The third-order valence-electron chi connectivity index (χ3n) is 1.85. The number of hydrogen-bond donors (Lipinski definition) is 0. The molecule has 4 nitrogen and oxygen atoms in total. The third-order valence-corrected chi connectivity index (χ3v) is 1.85. The van der Waals surface area contributed by atoms with Crippen LogP contribution >= 0.6 is 0 Å². The summed E-state index contributed by atoms with van der Waals surface area (Å²) in [4.78, 5) is 18.2. The first kappa shape index (κ1) is 7.21. The minimum Gasteiger partial charge on any atom is -0.545 e. The lowest BCUT2D eigenvalue weighted by molar-refractivity contribution is -0.255. The summed E-state index contributed by atoms with van der Waals surface area (Å²) in [6, 6.07) is 0. The Bertz CT molecular complexity index is 303. The molecular formula is C8H7N2O2-. The van der Waals surface area contributed by atoms with Crippen molar-refractivity contribution in [3.05, 3.63) is 23.8 Å². The molecule has 12 heavy (non-hydrogen) atoms. The summed E-state index contributed by atoms with van der Waals surface area (Å²) in [7, 11) is 0. The van der Waals surface area contributed by atoms with Gasteiger partial charge in [-0.15, -0.1) is 0 Å². The van der Waals surface area contributed by atoms with E-state index in [1.165, 1.54) is 12.4 Å². The minimum atomic E-state index is -1.22. The van der Waals surface area contributed by atoms with Crippen molar-refractivity contribution < 1.29 is 9.90 Å². The van der Waals surface area contributed by atoms with Crippen LogP contribution < -0.4 is 5.11 Å². The molecule has 1 aromatic rings. The van der Waals surface area contributed by atoms with E-state index in [1.807, 2.05) is 0 Å². The number of aromatic carboxylic acids is 1. The van der Waals surface area contributed by atoms with Gasteiger partial charge in [-0.3, -0.25) is 0 Å². The molecule has 1 aromatic heterocycles. The molecule has 0 saturated heterocycles. The number of carbonyl (C=O) groups excluding carboxylic acids is 1. The lowest BCUT2D eigenvalue weighted by atomic mass is 10.3. The SMILES string of the molecule is O=C([O-])c1cnc(C2CC2)nc1. The molecule has 2 rings (SSSR count). The molecule has 1 fully saturated rings. The molecule has 0 bridgehead atoms. The van der Waals surface area contributed by atoms with Crippen LogP contribution in [0.15, 0.2) is 12.4 Å². The average Bonchev–Trinajstić information content (AvgIpc) is 2.87. The van der Waals surface area contributed by atoms with Gasteiger partial charge in [0.25, 0.3) is 0 Å². The zero-order chi connectivity index (χ0) is 8.55.